The van der Waals surface area contributed by atoms with Gasteiger partial charge in [0.05, 0.1) is 27.5 Å². The number of aromatic nitrogens is 5. The Morgan fingerprint density at radius 1 is 0.359 bits per heavy atom. The van der Waals surface area contributed by atoms with E-state index in [-0.39, 0.29) is 0 Å². The van der Waals surface area contributed by atoms with Crippen LogP contribution in [0, 0.1) is 0 Å². The normalized spacial score (nSPS) is 13.4. The van der Waals surface area contributed by atoms with Crippen molar-refractivity contribution >= 4 is 75.1 Å². The van der Waals surface area contributed by atoms with E-state index < -0.39 is 5.41 Å². The molecule has 296 valence electrons. The van der Waals surface area contributed by atoms with Gasteiger partial charge < -0.3 is 0 Å². The number of para-hydroxylation sites is 3. The first kappa shape index (κ1) is 34.4. The second-order valence-electron chi connectivity index (χ2n) is 17.1. The molecule has 0 saturated heterocycles. The Morgan fingerprint density at radius 2 is 0.844 bits per heavy atom. The molecule has 5 nitrogen and oxygen atoms in total. The minimum atomic E-state index is -0.493. The lowest BCUT2D eigenvalue weighted by Crippen LogP contribution is -2.25. The van der Waals surface area contributed by atoms with Gasteiger partial charge in [-0.1, -0.05) is 170 Å². The van der Waals surface area contributed by atoms with Crippen LogP contribution in [0.15, 0.2) is 200 Å². The highest BCUT2D eigenvalue weighted by Crippen LogP contribution is 2.64. The van der Waals surface area contributed by atoms with Crippen LogP contribution < -0.4 is 0 Å². The zero-order valence-electron chi connectivity index (χ0n) is 34.2. The largest absolute Gasteiger partial charge is 0.278 e. The monoisotopic (exact) mass is 831 g/mol. The minimum absolute atomic E-state index is 0.493. The lowest BCUT2D eigenvalue weighted by atomic mass is 9.70. The van der Waals surface area contributed by atoms with Crippen LogP contribution in [-0.4, -0.2) is 24.1 Å². The molecular weight excluding hydrogens is 799 g/mol. The van der Waals surface area contributed by atoms with Gasteiger partial charge in [0.15, 0.2) is 5.82 Å². The minimum Gasteiger partial charge on any atom is -0.278 e. The molecule has 13 aromatic rings. The van der Waals surface area contributed by atoms with Gasteiger partial charge in [0, 0.05) is 52.8 Å². The molecule has 6 heteroatoms. The Kier molecular flexibility index (Phi) is 6.70. The van der Waals surface area contributed by atoms with Gasteiger partial charge in [-0.3, -0.25) is 9.13 Å². The van der Waals surface area contributed by atoms with Gasteiger partial charge in [-0.15, -0.1) is 11.3 Å². The highest BCUT2D eigenvalue weighted by atomic mass is 32.1. The van der Waals surface area contributed by atoms with Gasteiger partial charge in [-0.05, 0) is 69.3 Å². The Labute approximate surface area is 370 Å². The average molecular weight is 832 g/mol. The molecule has 2 aliphatic carbocycles. The lowest BCUT2D eigenvalue weighted by Gasteiger charge is -2.30. The molecule has 0 saturated carbocycles. The van der Waals surface area contributed by atoms with Crippen molar-refractivity contribution in [3.63, 3.8) is 0 Å². The highest BCUT2D eigenvalue weighted by Gasteiger charge is 2.52. The van der Waals surface area contributed by atoms with Crippen molar-refractivity contribution in [2.24, 2.45) is 0 Å². The topological polar surface area (TPSA) is 48.5 Å². The summed E-state index contributed by atoms with van der Waals surface area (Å²) in [6.45, 7) is 0. The molecule has 0 N–H and O–H groups in total. The SMILES string of the molecule is c1ccc2c(c1)-c1ccccc1C21c2ccccc2-c2c1ccc1c3ccccc3n(-c3nc(-c4ccc5c(c4)sc4ccccc45)nc(-n4c5ccccc5c5ccccc54)n3)c21. The van der Waals surface area contributed by atoms with Gasteiger partial charge in [-0.25, -0.2) is 0 Å². The molecule has 4 heterocycles. The van der Waals surface area contributed by atoms with Crippen LogP contribution in [0.4, 0.5) is 0 Å². The maximum absolute atomic E-state index is 5.59. The van der Waals surface area contributed by atoms with E-state index in [1.807, 2.05) is 0 Å². The third kappa shape index (κ3) is 4.30. The fraction of sp³-hybridized carbons (Fsp3) is 0.0172. The summed E-state index contributed by atoms with van der Waals surface area (Å²) in [6.07, 6.45) is 0. The summed E-state index contributed by atoms with van der Waals surface area (Å²) < 4.78 is 7.01. The molecule has 0 fully saturated rings. The third-order valence-corrected chi connectivity index (χ3v) is 15.2. The first-order chi connectivity index (χ1) is 31.8. The fourth-order valence-electron chi connectivity index (χ4n) is 11.5. The maximum Gasteiger partial charge on any atom is 0.240 e. The number of hydrogen-bond donors (Lipinski definition) is 0. The van der Waals surface area contributed by atoms with Crippen LogP contribution in [0.2, 0.25) is 0 Å². The van der Waals surface area contributed by atoms with E-state index in [0.29, 0.717) is 17.7 Å². The number of hydrogen-bond acceptors (Lipinski definition) is 4. The van der Waals surface area contributed by atoms with Crippen LogP contribution in [0.3, 0.4) is 0 Å². The first-order valence-electron chi connectivity index (χ1n) is 21.8. The van der Waals surface area contributed by atoms with E-state index in [2.05, 4.69) is 209 Å². The zero-order chi connectivity index (χ0) is 41.7. The molecule has 15 rings (SSSR count). The second-order valence-corrected chi connectivity index (χ2v) is 18.1. The Morgan fingerprint density at radius 3 is 1.52 bits per heavy atom. The van der Waals surface area contributed by atoms with Crippen molar-refractivity contribution in [2.45, 2.75) is 5.41 Å². The summed E-state index contributed by atoms with van der Waals surface area (Å²) in [4.78, 5) is 16.6. The molecule has 64 heavy (non-hydrogen) atoms. The zero-order valence-corrected chi connectivity index (χ0v) is 35.0. The molecule has 9 aromatic carbocycles. The molecule has 0 aliphatic heterocycles. The summed E-state index contributed by atoms with van der Waals surface area (Å²) in [7, 11) is 0. The van der Waals surface area contributed by atoms with Gasteiger partial charge >= 0.3 is 0 Å². The maximum atomic E-state index is 5.59. The first-order valence-corrected chi connectivity index (χ1v) is 22.6. The summed E-state index contributed by atoms with van der Waals surface area (Å²) in [5.41, 5.74) is 14.9. The molecule has 4 aromatic heterocycles. The molecular formula is C58H33N5S. The van der Waals surface area contributed by atoms with E-state index in [1.165, 1.54) is 64.7 Å². The lowest BCUT2D eigenvalue weighted by molar-refractivity contribution is 0.794. The quantitative estimate of drug-likeness (QED) is 0.178. The number of thiophene rings is 1. The van der Waals surface area contributed by atoms with Crippen LogP contribution in [0.1, 0.15) is 22.3 Å². The average Bonchev–Trinajstić information content (AvgIpc) is 4.14. The second kappa shape index (κ2) is 12.5. The summed E-state index contributed by atoms with van der Waals surface area (Å²) in [5.74, 6) is 1.77. The van der Waals surface area contributed by atoms with Crippen molar-refractivity contribution in [1.29, 1.82) is 0 Å². The molecule has 0 unspecified atom stereocenters. The van der Waals surface area contributed by atoms with Gasteiger partial charge in [0.25, 0.3) is 0 Å². The van der Waals surface area contributed by atoms with Crippen molar-refractivity contribution in [3.05, 3.63) is 222 Å². The predicted octanol–water partition coefficient (Wildman–Crippen LogP) is 14.4. The molecule has 2 aliphatic rings. The molecule has 0 atom stereocenters. The van der Waals surface area contributed by atoms with Gasteiger partial charge in [-0.2, -0.15) is 15.0 Å². The molecule has 0 amide bonds. The molecule has 0 radical (unpaired) electrons. The Hall–Kier alpha value is -8.19. The summed E-state index contributed by atoms with van der Waals surface area (Å²) in [6, 6.07) is 72.9. The van der Waals surface area contributed by atoms with E-state index in [1.54, 1.807) is 11.3 Å². The van der Waals surface area contributed by atoms with Crippen LogP contribution in [-0.2, 0) is 5.41 Å². The number of fused-ring (bicyclic) bond motifs is 20. The van der Waals surface area contributed by atoms with Gasteiger partial charge in [0.1, 0.15) is 0 Å². The predicted molar refractivity (Wildman–Crippen MR) is 263 cm³/mol. The number of rotatable bonds is 3. The fourth-order valence-corrected chi connectivity index (χ4v) is 12.7. The third-order valence-electron chi connectivity index (χ3n) is 14.0. The summed E-state index contributed by atoms with van der Waals surface area (Å²) in [5, 5.41) is 7.12. The van der Waals surface area contributed by atoms with E-state index >= 15 is 0 Å². The van der Waals surface area contributed by atoms with Crippen molar-refractivity contribution in [1.82, 2.24) is 24.1 Å². The van der Waals surface area contributed by atoms with Crippen LogP contribution in [0.5, 0.6) is 0 Å². The van der Waals surface area contributed by atoms with E-state index in [4.69, 9.17) is 15.0 Å². The van der Waals surface area contributed by atoms with E-state index in [0.717, 1.165) is 49.2 Å². The Balaban J connectivity index is 1.08. The number of benzene rings is 9. The highest BCUT2D eigenvalue weighted by molar-refractivity contribution is 7.25. The van der Waals surface area contributed by atoms with Crippen molar-refractivity contribution in [3.8, 4) is 45.5 Å². The number of nitrogens with zero attached hydrogens (tertiary/aromatic N) is 5. The summed E-state index contributed by atoms with van der Waals surface area (Å²) >= 11 is 1.81. The standard InChI is InChI=1S/C58H33N5S/c1-8-22-44-35(15-1)36-16-2-9-23-45(36)58(44)46-24-10-3-21-43(46)53-47(58)32-31-42-39-19-6-13-27-50(39)63(54(42)53)57-60-55(34-29-30-41-40-20-7-14-28-51(40)64-52(41)33-34)59-56(61-57)62-48-25-11-4-17-37(48)38-18-5-12-26-49(38)62/h1-33H. The van der Waals surface area contributed by atoms with Crippen LogP contribution in [0.25, 0.3) is 109 Å². The smallest absolute Gasteiger partial charge is 0.240 e. The van der Waals surface area contributed by atoms with Gasteiger partial charge in [0.2, 0.25) is 11.9 Å². The van der Waals surface area contributed by atoms with Crippen molar-refractivity contribution < 1.29 is 0 Å². The Bertz CT molecular complexity index is 4070. The molecule has 1 spiro atoms. The molecule has 0 bridgehead atoms. The van der Waals surface area contributed by atoms with E-state index in [9.17, 15) is 0 Å². The van der Waals surface area contributed by atoms with Crippen LogP contribution >= 0.6 is 11.3 Å². The van der Waals surface area contributed by atoms with Crippen molar-refractivity contribution in [2.75, 3.05) is 0 Å².